The number of aryl methyl sites for hydroxylation is 1. The van der Waals surface area contributed by atoms with Gasteiger partial charge in [-0.25, -0.2) is 9.69 Å². The number of imide groups is 1. The smallest absolute Gasteiger partial charge is 0.332 e. The van der Waals surface area contributed by atoms with Gasteiger partial charge in [0.1, 0.15) is 0 Å². The quantitative estimate of drug-likeness (QED) is 0.312. The van der Waals surface area contributed by atoms with Crippen molar-refractivity contribution < 1.29 is 9.59 Å². The van der Waals surface area contributed by atoms with Crippen molar-refractivity contribution in [1.82, 2.24) is 23.6 Å². The fourth-order valence-electron chi connectivity index (χ4n) is 5.67. The summed E-state index contributed by atoms with van der Waals surface area (Å²) in [5.74, 6) is -0.0885. The van der Waals surface area contributed by atoms with Crippen LogP contribution >= 0.6 is 34.8 Å². The highest BCUT2D eigenvalue weighted by molar-refractivity contribution is 6.35. The summed E-state index contributed by atoms with van der Waals surface area (Å²) in [5.41, 5.74) is 0.976. The van der Waals surface area contributed by atoms with Gasteiger partial charge in [-0.1, -0.05) is 46.9 Å². The molecule has 1 unspecified atom stereocenters. The fourth-order valence-corrected chi connectivity index (χ4v) is 6.31. The molecule has 1 atom stereocenters. The Morgan fingerprint density at radius 2 is 1.48 bits per heavy atom. The summed E-state index contributed by atoms with van der Waals surface area (Å²) in [6.45, 7) is 2.27. The van der Waals surface area contributed by atoms with E-state index in [1.807, 2.05) is 26.5 Å². The maximum Gasteiger partial charge on any atom is 0.332 e. The van der Waals surface area contributed by atoms with Crippen LogP contribution in [-0.4, -0.2) is 67.6 Å². The Labute approximate surface area is 255 Å². The highest BCUT2D eigenvalue weighted by Crippen LogP contribution is 2.31. The van der Waals surface area contributed by atoms with E-state index in [4.69, 9.17) is 39.8 Å². The number of carbonyl (C=O) groups excluding carboxylic acids is 2. The van der Waals surface area contributed by atoms with Crippen LogP contribution in [0.4, 0.5) is 11.6 Å². The number of imidazole rings is 1. The minimum Gasteiger partial charge on any atom is -0.340 e. The Morgan fingerprint density at radius 3 is 2.12 bits per heavy atom. The van der Waals surface area contributed by atoms with E-state index < -0.39 is 17.3 Å². The average molecular weight is 631 g/mol. The molecule has 218 valence electrons. The molecule has 2 aromatic heterocycles. The molecule has 4 heterocycles. The first-order valence-electron chi connectivity index (χ1n) is 13.3. The number of aromatic nitrogens is 4. The van der Waals surface area contributed by atoms with Crippen molar-refractivity contribution in [3.63, 3.8) is 0 Å². The number of halogens is 3. The number of amides is 2. The van der Waals surface area contributed by atoms with Crippen LogP contribution in [-0.2, 0) is 30.2 Å². The van der Waals surface area contributed by atoms with E-state index in [-0.39, 0.29) is 18.2 Å². The van der Waals surface area contributed by atoms with Crippen LogP contribution in [0.2, 0.25) is 15.1 Å². The molecule has 0 saturated carbocycles. The third-order valence-corrected chi connectivity index (χ3v) is 8.54. The third-order valence-electron chi connectivity index (χ3n) is 7.85. The van der Waals surface area contributed by atoms with Crippen LogP contribution in [0.1, 0.15) is 12.0 Å². The number of benzene rings is 2. The normalized spacial score (nSPS) is 18.1. The van der Waals surface area contributed by atoms with Crippen molar-refractivity contribution in [3.05, 3.63) is 83.9 Å². The summed E-state index contributed by atoms with van der Waals surface area (Å²) in [4.78, 5) is 62.2. The SMILES string of the molecule is Cn1c(=O)c2c(nc(N3CCN(C4CC(=O)N(c5cc(Cl)cc(Cl)c5)C4=O)CC3)n2Cc2ccc(Cl)cc2)n(C)c1=O. The van der Waals surface area contributed by atoms with Gasteiger partial charge in [0.05, 0.1) is 24.7 Å². The number of piperazine rings is 1. The summed E-state index contributed by atoms with van der Waals surface area (Å²) in [6, 6.07) is 11.3. The summed E-state index contributed by atoms with van der Waals surface area (Å²) >= 11 is 18.3. The van der Waals surface area contributed by atoms with E-state index in [1.165, 1.54) is 11.6 Å². The number of carbonyl (C=O) groups is 2. The molecule has 2 amide bonds. The summed E-state index contributed by atoms with van der Waals surface area (Å²) in [7, 11) is 3.04. The molecule has 6 rings (SSSR count). The van der Waals surface area contributed by atoms with Gasteiger partial charge in [0, 0.05) is 55.3 Å². The summed E-state index contributed by atoms with van der Waals surface area (Å²) < 4.78 is 4.27. The molecule has 14 heteroatoms. The Morgan fingerprint density at radius 1 is 0.833 bits per heavy atom. The Kier molecular flexibility index (Phi) is 7.38. The molecule has 2 fully saturated rings. The molecular weight excluding hydrogens is 605 g/mol. The van der Waals surface area contributed by atoms with Gasteiger partial charge >= 0.3 is 5.69 Å². The van der Waals surface area contributed by atoms with Gasteiger partial charge in [0.2, 0.25) is 11.9 Å². The number of fused-ring (bicyclic) bond motifs is 1. The molecule has 42 heavy (non-hydrogen) atoms. The first kappa shape index (κ1) is 28.5. The number of rotatable bonds is 5. The van der Waals surface area contributed by atoms with E-state index in [0.717, 1.165) is 15.0 Å². The number of anilines is 2. The molecule has 4 aromatic rings. The minimum absolute atomic E-state index is 0.0518. The van der Waals surface area contributed by atoms with Gasteiger partial charge < -0.3 is 4.90 Å². The third kappa shape index (κ3) is 4.90. The molecular formula is C28H26Cl3N7O4. The highest BCUT2D eigenvalue weighted by atomic mass is 35.5. The highest BCUT2D eigenvalue weighted by Gasteiger charge is 2.43. The van der Waals surface area contributed by atoms with Crippen molar-refractivity contribution >= 4 is 69.4 Å². The monoisotopic (exact) mass is 629 g/mol. The standard InChI is InChI=1S/C28H26Cl3N7O4/c1-33-24-23(26(41)34(2)28(33)42)37(15-16-3-5-17(29)6-4-16)27(32-24)36-9-7-35(8-10-36)21-14-22(39)38(25(21)40)20-12-18(30)11-19(31)13-20/h3-6,11-13,21H,7-10,14-15H2,1-2H3. The Hall–Kier alpha value is -3.64. The van der Waals surface area contributed by atoms with E-state index in [0.29, 0.717) is 70.6 Å². The van der Waals surface area contributed by atoms with E-state index in [9.17, 15) is 19.2 Å². The first-order valence-corrected chi connectivity index (χ1v) is 14.4. The minimum atomic E-state index is -0.613. The molecule has 0 aliphatic carbocycles. The molecule has 2 aliphatic heterocycles. The van der Waals surface area contributed by atoms with Crippen LogP contribution in [0.5, 0.6) is 0 Å². The largest absolute Gasteiger partial charge is 0.340 e. The summed E-state index contributed by atoms with van der Waals surface area (Å²) in [5, 5.41) is 1.27. The second kappa shape index (κ2) is 10.9. The zero-order chi connectivity index (χ0) is 29.9. The molecule has 0 radical (unpaired) electrons. The van der Waals surface area contributed by atoms with Crippen molar-refractivity contribution in [2.45, 2.75) is 19.0 Å². The second-order valence-electron chi connectivity index (χ2n) is 10.4. The van der Waals surface area contributed by atoms with Crippen molar-refractivity contribution in [1.29, 1.82) is 0 Å². The lowest BCUT2D eigenvalue weighted by Crippen LogP contribution is -2.53. The van der Waals surface area contributed by atoms with Crippen molar-refractivity contribution in [2.24, 2.45) is 14.1 Å². The van der Waals surface area contributed by atoms with Crippen molar-refractivity contribution in [2.75, 3.05) is 36.0 Å². The lowest BCUT2D eigenvalue weighted by atomic mass is 10.1. The van der Waals surface area contributed by atoms with Gasteiger partial charge in [-0.3, -0.25) is 33.0 Å². The van der Waals surface area contributed by atoms with E-state index in [1.54, 1.807) is 37.4 Å². The predicted molar refractivity (Wildman–Crippen MR) is 162 cm³/mol. The first-order chi connectivity index (χ1) is 20.0. The zero-order valence-electron chi connectivity index (χ0n) is 22.8. The topological polar surface area (TPSA) is 106 Å². The lowest BCUT2D eigenvalue weighted by Gasteiger charge is -2.37. The molecule has 0 spiro atoms. The maximum atomic E-state index is 13.4. The fraction of sp³-hybridized carbons (Fsp3) is 0.321. The Balaban J connectivity index is 1.29. The van der Waals surface area contributed by atoms with E-state index in [2.05, 4.69) is 0 Å². The molecule has 0 N–H and O–H groups in total. The lowest BCUT2D eigenvalue weighted by molar-refractivity contribution is -0.123. The number of hydrogen-bond donors (Lipinski definition) is 0. The summed E-state index contributed by atoms with van der Waals surface area (Å²) in [6.07, 6.45) is 0.0518. The molecule has 2 aromatic carbocycles. The average Bonchev–Trinajstić information content (AvgIpc) is 3.48. The molecule has 2 saturated heterocycles. The van der Waals surface area contributed by atoms with Crippen LogP contribution in [0.25, 0.3) is 11.2 Å². The zero-order valence-corrected chi connectivity index (χ0v) is 25.0. The van der Waals surface area contributed by atoms with Gasteiger partial charge in [0.25, 0.3) is 11.5 Å². The van der Waals surface area contributed by atoms with Crippen LogP contribution < -0.4 is 21.0 Å². The maximum absolute atomic E-state index is 13.4. The molecule has 2 aliphatic rings. The second-order valence-corrected chi connectivity index (χ2v) is 11.7. The van der Waals surface area contributed by atoms with Crippen LogP contribution in [0.3, 0.4) is 0 Å². The number of hydrogen-bond acceptors (Lipinski definition) is 7. The number of nitrogens with zero attached hydrogens (tertiary/aromatic N) is 7. The van der Waals surface area contributed by atoms with E-state index >= 15 is 0 Å². The van der Waals surface area contributed by atoms with Gasteiger partial charge in [-0.15, -0.1) is 0 Å². The predicted octanol–water partition coefficient (Wildman–Crippen LogP) is 2.90. The van der Waals surface area contributed by atoms with Crippen LogP contribution in [0, 0.1) is 0 Å². The van der Waals surface area contributed by atoms with Gasteiger partial charge in [0.15, 0.2) is 11.2 Å². The molecule has 11 nitrogen and oxygen atoms in total. The van der Waals surface area contributed by atoms with Gasteiger partial charge in [-0.05, 0) is 35.9 Å². The van der Waals surface area contributed by atoms with Crippen molar-refractivity contribution in [3.8, 4) is 0 Å². The van der Waals surface area contributed by atoms with Crippen LogP contribution in [0.15, 0.2) is 52.1 Å². The molecule has 0 bridgehead atoms. The Bertz CT molecular complexity index is 1840. The van der Waals surface area contributed by atoms with Gasteiger partial charge in [-0.2, -0.15) is 4.98 Å².